The molecule has 1 nitrogen and oxygen atoms in total. The Labute approximate surface area is 118 Å². The smallest absolute Gasteiger partial charge is 0.389 e. The minimum absolute atomic E-state index is 0.0285. The highest BCUT2D eigenvalue weighted by Gasteiger charge is 2.36. The summed E-state index contributed by atoms with van der Waals surface area (Å²) in [5.74, 6) is 0. The third kappa shape index (κ3) is 4.23. The SMILES string of the molecule is CCC(CC)(c1ccccc1)C(O)CCCC(F)(F)F. The summed E-state index contributed by atoms with van der Waals surface area (Å²) >= 11 is 0. The van der Waals surface area contributed by atoms with Crippen molar-refractivity contribution in [3.63, 3.8) is 0 Å². The van der Waals surface area contributed by atoms with Crippen LogP contribution >= 0.6 is 0 Å². The van der Waals surface area contributed by atoms with Gasteiger partial charge in [0, 0.05) is 11.8 Å². The lowest BCUT2D eigenvalue weighted by atomic mass is 9.70. The van der Waals surface area contributed by atoms with Gasteiger partial charge in [-0.15, -0.1) is 0 Å². The highest BCUT2D eigenvalue weighted by molar-refractivity contribution is 5.26. The molecule has 0 saturated heterocycles. The molecule has 0 amide bonds. The van der Waals surface area contributed by atoms with E-state index in [1.54, 1.807) is 0 Å². The van der Waals surface area contributed by atoms with Crippen molar-refractivity contribution < 1.29 is 18.3 Å². The molecule has 0 fully saturated rings. The van der Waals surface area contributed by atoms with Crippen molar-refractivity contribution in [2.45, 2.75) is 63.6 Å². The van der Waals surface area contributed by atoms with E-state index in [1.807, 2.05) is 44.2 Å². The second-order valence-corrected chi connectivity index (χ2v) is 5.25. The molecule has 1 aromatic carbocycles. The van der Waals surface area contributed by atoms with Crippen LogP contribution in [0.25, 0.3) is 0 Å². The van der Waals surface area contributed by atoms with E-state index in [9.17, 15) is 18.3 Å². The van der Waals surface area contributed by atoms with Gasteiger partial charge in [0.05, 0.1) is 6.10 Å². The van der Waals surface area contributed by atoms with E-state index in [1.165, 1.54) is 0 Å². The zero-order valence-electron chi connectivity index (χ0n) is 12.1. The summed E-state index contributed by atoms with van der Waals surface area (Å²) in [4.78, 5) is 0. The maximum atomic E-state index is 12.2. The number of aliphatic hydroxyl groups is 1. The molecule has 4 heteroatoms. The van der Waals surface area contributed by atoms with Gasteiger partial charge < -0.3 is 5.11 Å². The van der Waals surface area contributed by atoms with Gasteiger partial charge in [0.2, 0.25) is 0 Å². The third-order valence-corrected chi connectivity index (χ3v) is 4.19. The normalized spacial score (nSPS) is 14.3. The quantitative estimate of drug-likeness (QED) is 0.761. The van der Waals surface area contributed by atoms with E-state index in [4.69, 9.17) is 0 Å². The van der Waals surface area contributed by atoms with Crippen molar-refractivity contribution in [1.82, 2.24) is 0 Å². The molecular formula is C16H23F3O. The molecular weight excluding hydrogens is 265 g/mol. The van der Waals surface area contributed by atoms with Gasteiger partial charge in [-0.2, -0.15) is 13.2 Å². The first kappa shape index (κ1) is 17.0. The molecule has 0 saturated carbocycles. The molecule has 1 N–H and O–H groups in total. The van der Waals surface area contributed by atoms with Crippen LogP contribution in [0, 0.1) is 0 Å². The number of hydrogen-bond acceptors (Lipinski definition) is 1. The van der Waals surface area contributed by atoms with Gasteiger partial charge in [-0.3, -0.25) is 0 Å². The first-order chi connectivity index (χ1) is 9.35. The van der Waals surface area contributed by atoms with Crippen molar-refractivity contribution >= 4 is 0 Å². The summed E-state index contributed by atoms with van der Waals surface area (Å²) in [6.07, 6.45) is -4.16. The van der Waals surface area contributed by atoms with Crippen molar-refractivity contribution in [3.05, 3.63) is 35.9 Å². The first-order valence-corrected chi connectivity index (χ1v) is 7.16. The Morgan fingerprint density at radius 1 is 1.05 bits per heavy atom. The van der Waals surface area contributed by atoms with E-state index >= 15 is 0 Å². The summed E-state index contributed by atoms with van der Waals surface area (Å²) in [6.45, 7) is 3.95. The summed E-state index contributed by atoms with van der Waals surface area (Å²) in [7, 11) is 0. The van der Waals surface area contributed by atoms with Crippen LogP contribution in [0.15, 0.2) is 30.3 Å². The van der Waals surface area contributed by atoms with Crippen molar-refractivity contribution in [2.24, 2.45) is 0 Å². The highest BCUT2D eigenvalue weighted by atomic mass is 19.4. The molecule has 0 heterocycles. The Morgan fingerprint density at radius 2 is 1.60 bits per heavy atom. The second-order valence-electron chi connectivity index (χ2n) is 5.25. The van der Waals surface area contributed by atoms with Gasteiger partial charge in [0.25, 0.3) is 0 Å². The predicted molar refractivity (Wildman–Crippen MR) is 74.6 cm³/mol. The topological polar surface area (TPSA) is 20.2 Å². The largest absolute Gasteiger partial charge is 0.392 e. The fraction of sp³-hybridized carbons (Fsp3) is 0.625. The maximum Gasteiger partial charge on any atom is 0.389 e. The Hall–Kier alpha value is -1.03. The predicted octanol–water partition coefficient (Wildman–Crippen LogP) is 4.84. The number of halogens is 3. The number of rotatable bonds is 7. The Morgan fingerprint density at radius 3 is 2.05 bits per heavy atom. The fourth-order valence-electron chi connectivity index (χ4n) is 2.86. The van der Waals surface area contributed by atoms with Crippen LogP contribution in [-0.2, 0) is 5.41 Å². The summed E-state index contributed by atoms with van der Waals surface area (Å²) < 4.78 is 36.6. The molecule has 1 atom stereocenters. The number of alkyl halides is 3. The van der Waals surface area contributed by atoms with Gasteiger partial charge in [-0.05, 0) is 31.2 Å². The average Bonchev–Trinajstić information content (AvgIpc) is 2.40. The summed E-state index contributed by atoms with van der Waals surface area (Å²) in [6, 6.07) is 9.59. The van der Waals surface area contributed by atoms with Crippen LogP contribution in [0.4, 0.5) is 13.2 Å². The van der Waals surface area contributed by atoms with Gasteiger partial charge in [-0.25, -0.2) is 0 Å². The Kier molecular flexibility index (Phi) is 6.06. The number of aliphatic hydroxyl groups excluding tert-OH is 1. The second kappa shape index (κ2) is 7.11. The zero-order valence-corrected chi connectivity index (χ0v) is 12.1. The highest BCUT2D eigenvalue weighted by Crippen LogP contribution is 2.37. The van der Waals surface area contributed by atoms with Crippen LogP contribution in [0.5, 0.6) is 0 Å². The van der Waals surface area contributed by atoms with Crippen LogP contribution in [-0.4, -0.2) is 17.4 Å². The molecule has 1 rings (SSSR count). The lowest BCUT2D eigenvalue weighted by Gasteiger charge is -2.37. The molecule has 114 valence electrons. The van der Waals surface area contributed by atoms with E-state index in [0.717, 1.165) is 5.56 Å². The Balaban J connectivity index is 2.80. The van der Waals surface area contributed by atoms with E-state index in [2.05, 4.69) is 0 Å². The fourth-order valence-corrected chi connectivity index (χ4v) is 2.86. The van der Waals surface area contributed by atoms with Crippen LogP contribution < -0.4 is 0 Å². The van der Waals surface area contributed by atoms with Crippen molar-refractivity contribution in [2.75, 3.05) is 0 Å². The van der Waals surface area contributed by atoms with E-state index in [0.29, 0.717) is 12.8 Å². The summed E-state index contributed by atoms with van der Waals surface area (Å²) in [5, 5.41) is 10.4. The zero-order chi connectivity index (χ0) is 15.2. The van der Waals surface area contributed by atoms with Gasteiger partial charge in [0.1, 0.15) is 0 Å². The number of benzene rings is 1. The lowest BCUT2D eigenvalue weighted by Crippen LogP contribution is -2.38. The average molecular weight is 288 g/mol. The molecule has 1 aromatic rings. The van der Waals surface area contributed by atoms with E-state index < -0.39 is 24.1 Å². The molecule has 0 bridgehead atoms. The standard InChI is InChI=1S/C16H23F3O/c1-3-15(4-2,13-9-6-5-7-10-13)14(20)11-8-12-16(17,18)19/h5-7,9-10,14,20H,3-4,8,11-12H2,1-2H3. The third-order valence-electron chi connectivity index (χ3n) is 4.19. The minimum atomic E-state index is -4.15. The monoisotopic (exact) mass is 288 g/mol. The van der Waals surface area contributed by atoms with Crippen LogP contribution in [0.2, 0.25) is 0 Å². The van der Waals surface area contributed by atoms with Gasteiger partial charge in [-0.1, -0.05) is 44.2 Å². The van der Waals surface area contributed by atoms with Gasteiger partial charge in [0.15, 0.2) is 0 Å². The van der Waals surface area contributed by atoms with Crippen LogP contribution in [0.3, 0.4) is 0 Å². The molecule has 1 unspecified atom stereocenters. The van der Waals surface area contributed by atoms with Gasteiger partial charge >= 0.3 is 6.18 Å². The maximum absolute atomic E-state index is 12.2. The molecule has 0 aliphatic carbocycles. The molecule has 0 aliphatic heterocycles. The summed E-state index contributed by atoms with van der Waals surface area (Å²) in [5.41, 5.74) is 0.553. The number of hydrogen-bond donors (Lipinski definition) is 1. The Bertz CT molecular complexity index is 382. The van der Waals surface area contributed by atoms with E-state index in [-0.39, 0.29) is 12.8 Å². The lowest BCUT2D eigenvalue weighted by molar-refractivity contribution is -0.137. The van der Waals surface area contributed by atoms with Crippen LogP contribution in [0.1, 0.15) is 51.5 Å². The first-order valence-electron chi connectivity index (χ1n) is 7.16. The van der Waals surface area contributed by atoms with Crippen molar-refractivity contribution in [3.8, 4) is 0 Å². The molecule has 20 heavy (non-hydrogen) atoms. The minimum Gasteiger partial charge on any atom is -0.392 e. The molecule has 0 spiro atoms. The molecule has 0 aliphatic rings. The molecule has 0 aromatic heterocycles. The molecule has 0 radical (unpaired) electrons. The van der Waals surface area contributed by atoms with Crippen molar-refractivity contribution in [1.29, 1.82) is 0 Å².